The number of halogens is 1. The van der Waals surface area contributed by atoms with Gasteiger partial charge in [0.15, 0.2) is 5.78 Å². The Morgan fingerprint density at radius 2 is 2.00 bits per heavy atom. The summed E-state index contributed by atoms with van der Waals surface area (Å²) in [5.41, 5.74) is 1.13. The molecule has 1 unspecified atom stereocenters. The van der Waals surface area contributed by atoms with E-state index in [9.17, 15) is 4.79 Å². The lowest BCUT2D eigenvalue weighted by atomic mass is 10.2. The van der Waals surface area contributed by atoms with Crippen LogP contribution in [0.15, 0.2) is 30.5 Å². The van der Waals surface area contributed by atoms with E-state index in [1.165, 1.54) is 0 Å². The van der Waals surface area contributed by atoms with E-state index < -0.39 is 0 Å². The van der Waals surface area contributed by atoms with Gasteiger partial charge < -0.3 is 5.01 Å². The van der Waals surface area contributed by atoms with Crippen molar-refractivity contribution in [2.24, 2.45) is 0 Å². The maximum absolute atomic E-state index is 11.7. The fraction of sp³-hybridized carbons (Fsp3) is 0.357. The summed E-state index contributed by atoms with van der Waals surface area (Å²) >= 11 is 7.61. The van der Waals surface area contributed by atoms with E-state index >= 15 is 0 Å². The van der Waals surface area contributed by atoms with Gasteiger partial charge in [0.05, 0.1) is 0 Å². The number of hydrogen-bond donors (Lipinski definition) is 0. The van der Waals surface area contributed by atoms with Gasteiger partial charge in [-0.15, -0.1) is 11.8 Å². The highest BCUT2D eigenvalue weighted by molar-refractivity contribution is 8.08. The molecule has 102 valence electrons. The largest absolute Gasteiger partial charge is 0.301 e. The number of carbonyl (C=O) groups excluding carboxylic acids is 1. The number of thioether (sulfide) groups is 1. The summed E-state index contributed by atoms with van der Waals surface area (Å²) in [6.07, 6.45) is 2.03. The third-order valence-corrected chi connectivity index (χ3v) is 4.41. The van der Waals surface area contributed by atoms with Gasteiger partial charge in [-0.1, -0.05) is 23.7 Å². The zero-order chi connectivity index (χ0) is 14.0. The number of rotatable bonds is 3. The Balaban J connectivity index is 2.30. The van der Waals surface area contributed by atoms with E-state index in [1.54, 1.807) is 18.7 Å². The fourth-order valence-electron chi connectivity index (χ4n) is 1.96. The second kappa shape index (κ2) is 5.99. The van der Waals surface area contributed by atoms with Gasteiger partial charge in [-0.2, -0.15) is 0 Å². The summed E-state index contributed by atoms with van der Waals surface area (Å²) in [4.78, 5) is 12.8. The minimum Gasteiger partial charge on any atom is -0.301 e. The van der Waals surface area contributed by atoms with Crippen molar-refractivity contribution in [3.8, 4) is 0 Å². The molecule has 0 aromatic heterocycles. The molecule has 0 N–H and O–H groups in total. The Morgan fingerprint density at radius 3 is 2.53 bits per heavy atom. The number of nitrogens with zero attached hydrogens (tertiary/aromatic N) is 2. The number of ketones is 1. The molecular weight excluding hydrogens is 280 g/mol. The van der Waals surface area contributed by atoms with E-state index in [4.69, 9.17) is 11.6 Å². The Bertz CT molecular complexity index is 499. The predicted molar refractivity (Wildman–Crippen MR) is 81.9 cm³/mol. The molecule has 1 heterocycles. The van der Waals surface area contributed by atoms with Crippen LogP contribution in [0.3, 0.4) is 0 Å². The van der Waals surface area contributed by atoms with Crippen LogP contribution < -0.4 is 0 Å². The molecular formula is C14H17ClN2OS. The van der Waals surface area contributed by atoms with Crippen molar-refractivity contribution in [3.63, 3.8) is 0 Å². The zero-order valence-corrected chi connectivity index (χ0v) is 12.8. The molecule has 0 bridgehead atoms. The Morgan fingerprint density at radius 1 is 1.37 bits per heavy atom. The van der Waals surface area contributed by atoms with E-state index in [1.807, 2.05) is 54.6 Å². The first kappa shape index (κ1) is 14.4. The van der Waals surface area contributed by atoms with Gasteiger partial charge >= 0.3 is 0 Å². The first-order valence-corrected chi connectivity index (χ1v) is 7.42. The third-order valence-electron chi connectivity index (χ3n) is 3.03. The third kappa shape index (κ3) is 3.32. The first-order chi connectivity index (χ1) is 8.99. The minimum absolute atomic E-state index is 0.0870. The lowest BCUT2D eigenvalue weighted by Crippen LogP contribution is -2.47. The zero-order valence-electron chi connectivity index (χ0n) is 11.3. The van der Waals surface area contributed by atoms with Gasteiger partial charge in [0.25, 0.3) is 0 Å². The summed E-state index contributed by atoms with van der Waals surface area (Å²) in [5, 5.41) is 4.67. The lowest BCUT2D eigenvalue weighted by molar-refractivity contribution is -0.124. The molecule has 0 spiro atoms. The molecule has 1 aliphatic heterocycles. The summed E-state index contributed by atoms with van der Waals surface area (Å²) in [6.45, 7) is 1.64. The number of benzene rings is 1. The quantitative estimate of drug-likeness (QED) is 0.855. The topological polar surface area (TPSA) is 23.6 Å². The van der Waals surface area contributed by atoms with E-state index in [0.29, 0.717) is 0 Å². The van der Waals surface area contributed by atoms with Crippen LogP contribution in [0.25, 0.3) is 4.91 Å². The Hall–Kier alpha value is -0.970. The monoisotopic (exact) mass is 296 g/mol. The van der Waals surface area contributed by atoms with Gasteiger partial charge in [0, 0.05) is 36.0 Å². The van der Waals surface area contributed by atoms with Crippen LogP contribution in [0, 0.1) is 0 Å². The highest BCUT2D eigenvalue weighted by atomic mass is 35.5. The summed E-state index contributed by atoms with van der Waals surface area (Å²) in [6, 6.07) is 7.69. The van der Waals surface area contributed by atoms with Crippen molar-refractivity contribution < 1.29 is 4.79 Å². The molecule has 1 aromatic rings. The number of Topliss-reactive ketones (excluding diaryl/α,β-unsaturated/α-hetero) is 1. The van der Waals surface area contributed by atoms with Gasteiger partial charge in [-0.3, -0.25) is 4.79 Å². The molecule has 0 fully saturated rings. The highest BCUT2D eigenvalue weighted by Crippen LogP contribution is 2.34. The molecule has 19 heavy (non-hydrogen) atoms. The van der Waals surface area contributed by atoms with Crippen molar-refractivity contribution in [3.05, 3.63) is 41.1 Å². The van der Waals surface area contributed by atoms with Crippen molar-refractivity contribution in [1.82, 2.24) is 10.0 Å². The van der Waals surface area contributed by atoms with Crippen molar-refractivity contribution >= 4 is 34.1 Å². The maximum Gasteiger partial charge on any atom is 0.154 e. The average Bonchev–Trinajstić information content (AvgIpc) is 2.38. The molecule has 0 aliphatic carbocycles. The van der Waals surface area contributed by atoms with E-state index in [-0.39, 0.29) is 11.8 Å². The number of hydrazine groups is 1. The Kier molecular flexibility index (Phi) is 4.55. The van der Waals surface area contributed by atoms with Crippen molar-refractivity contribution in [2.45, 2.75) is 13.0 Å². The SMILES string of the molecule is CC(=O)C1CSC(c2ccc(Cl)cc2)=CN1N(C)C. The Labute approximate surface area is 123 Å². The van der Waals surface area contributed by atoms with Gasteiger partial charge in [-0.25, -0.2) is 5.01 Å². The van der Waals surface area contributed by atoms with E-state index in [0.717, 1.165) is 21.2 Å². The maximum atomic E-state index is 11.7. The van der Waals surface area contributed by atoms with Gasteiger partial charge in [0.1, 0.15) is 6.04 Å². The molecule has 1 aromatic carbocycles. The van der Waals surface area contributed by atoms with Crippen molar-refractivity contribution in [1.29, 1.82) is 0 Å². The van der Waals surface area contributed by atoms with Gasteiger partial charge in [-0.05, 0) is 24.6 Å². The van der Waals surface area contributed by atoms with Crippen LogP contribution in [0.2, 0.25) is 5.02 Å². The van der Waals surface area contributed by atoms with Crippen LogP contribution >= 0.6 is 23.4 Å². The molecule has 1 aliphatic rings. The normalized spacial score (nSPS) is 19.5. The van der Waals surface area contributed by atoms with Crippen molar-refractivity contribution in [2.75, 3.05) is 19.8 Å². The van der Waals surface area contributed by atoms with Crippen LogP contribution in [0.1, 0.15) is 12.5 Å². The van der Waals surface area contributed by atoms with Crippen LogP contribution in [0.5, 0.6) is 0 Å². The highest BCUT2D eigenvalue weighted by Gasteiger charge is 2.27. The summed E-state index contributed by atoms with van der Waals surface area (Å²) < 4.78 is 0. The molecule has 0 radical (unpaired) electrons. The minimum atomic E-state index is -0.0870. The van der Waals surface area contributed by atoms with Gasteiger partial charge in [0.2, 0.25) is 0 Å². The average molecular weight is 297 g/mol. The van der Waals surface area contributed by atoms with Crippen LogP contribution in [-0.4, -0.2) is 41.7 Å². The standard InChI is InChI=1S/C14H17ClN2OS/c1-10(18)13-9-19-14(8-17(13)16(2)3)11-4-6-12(15)7-5-11/h4-8,13H,9H2,1-3H3. The second-order valence-corrected chi connectivity index (χ2v) is 6.16. The smallest absolute Gasteiger partial charge is 0.154 e. The summed E-state index contributed by atoms with van der Waals surface area (Å²) in [7, 11) is 3.89. The molecule has 2 rings (SSSR count). The van der Waals surface area contributed by atoms with E-state index in [2.05, 4.69) is 0 Å². The lowest BCUT2D eigenvalue weighted by Gasteiger charge is -2.37. The molecule has 5 heteroatoms. The van der Waals surface area contributed by atoms with Crippen LogP contribution in [-0.2, 0) is 4.79 Å². The second-order valence-electron chi connectivity index (χ2n) is 4.66. The first-order valence-electron chi connectivity index (χ1n) is 6.05. The molecule has 0 saturated heterocycles. The number of hydrogen-bond acceptors (Lipinski definition) is 4. The molecule has 1 atom stereocenters. The van der Waals surface area contributed by atoms with Crippen LogP contribution in [0.4, 0.5) is 0 Å². The fourth-order valence-corrected chi connectivity index (χ4v) is 3.30. The molecule has 0 amide bonds. The number of carbonyl (C=O) groups is 1. The predicted octanol–water partition coefficient (Wildman–Crippen LogP) is 3.12. The molecule has 3 nitrogen and oxygen atoms in total. The molecule has 0 saturated carbocycles. The summed E-state index contributed by atoms with van der Waals surface area (Å²) in [5.74, 6) is 0.953.